The first-order valence-corrected chi connectivity index (χ1v) is 11.0. The number of rotatable bonds is 6. The van der Waals surface area contributed by atoms with Gasteiger partial charge >= 0.3 is 0 Å². The van der Waals surface area contributed by atoms with Crippen LogP contribution in [0.4, 0.5) is 5.69 Å². The maximum absolute atomic E-state index is 12.7. The van der Waals surface area contributed by atoms with E-state index in [2.05, 4.69) is 32.7 Å². The molecule has 1 unspecified atom stereocenters. The molecule has 2 fully saturated rings. The Morgan fingerprint density at radius 1 is 1.00 bits per heavy atom. The number of anilines is 1. The van der Waals surface area contributed by atoms with Crippen LogP contribution in [0.1, 0.15) is 26.7 Å². The molecule has 0 bridgehead atoms. The highest BCUT2D eigenvalue weighted by Gasteiger charge is 2.26. The van der Waals surface area contributed by atoms with E-state index in [4.69, 9.17) is 0 Å². The monoisotopic (exact) mass is 414 g/mol. The Labute approximate surface area is 179 Å². The van der Waals surface area contributed by atoms with Crippen LogP contribution in [-0.2, 0) is 9.59 Å². The van der Waals surface area contributed by atoms with Gasteiger partial charge in [-0.1, -0.05) is 25.1 Å². The molecule has 1 atom stereocenters. The van der Waals surface area contributed by atoms with Crippen LogP contribution >= 0.6 is 0 Å². The van der Waals surface area contributed by atoms with Crippen LogP contribution in [0.2, 0.25) is 0 Å². The molecule has 164 valence electrons. The summed E-state index contributed by atoms with van der Waals surface area (Å²) in [7, 11) is 0. The number of amides is 2. The Morgan fingerprint density at radius 2 is 1.73 bits per heavy atom. The number of likely N-dealkylation sites (tertiary alicyclic amines) is 1. The van der Waals surface area contributed by atoms with Gasteiger partial charge in [0.05, 0.1) is 0 Å². The predicted octanol–water partition coefficient (Wildman–Crippen LogP) is 0.901. The molecule has 0 aromatic heterocycles. The van der Waals surface area contributed by atoms with Gasteiger partial charge in [-0.25, -0.2) is 4.99 Å². The molecule has 2 saturated heterocycles. The summed E-state index contributed by atoms with van der Waals surface area (Å²) in [5, 5.41) is 6.59. The van der Waals surface area contributed by atoms with Crippen molar-refractivity contribution in [3.05, 3.63) is 30.3 Å². The molecule has 2 N–H and O–H groups in total. The Balaban J connectivity index is 1.47. The molecule has 8 nitrogen and oxygen atoms in total. The average Bonchev–Trinajstić information content (AvgIpc) is 3.26. The predicted molar refractivity (Wildman–Crippen MR) is 120 cm³/mol. The normalized spacial score (nSPS) is 19.7. The molecule has 1 aromatic carbocycles. The maximum atomic E-state index is 12.7. The fraction of sp³-hybridized carbons (Fsp3) is 0.591. The van der Waals surface area contributed by atoms with Gasteiger partial charge in [0.2, 0.25) is 11.8 Å². The molecule has 1 aromatic rings. The summed E-state index contributed by atoms with van der Waals surface area (Å²) in [4.78, 5) is 35.1. The molecule has 2 aliphatic rings. The van der Waals surface area contributed by atoms with E-state index in [-0.39, 0.29) is 24.4 Å². The minimum Gasteiger partial charge on any atom is -0.368 e. The van der Waals surface area contributed by atoms with Gasteiger partial charge in [0.15, 0.2) is 5.96 Å². The third-order valence-electron chi connectivity index (χ3n) is 5.65. The first-order valence-electron chi connectivity index (χ1n) is 11.0. The van der Waals surface area contributed by atoms with Crippen molar-refractivity contribution in [3.63, 3.8) is 0 Å². The largest absolute Gasteiger partial charge is 0.368 e. The lowest BCUT2D eigenvalue weighted by atomic mass is 10.2. The van der Waals surface area contributed by atoms with Crippen molar-refractivity contribution < 1.29 is 9.59 Å². The van der Waals surface area contributed by atoms with Crippen LogP contribution in [0.15, 0.2) is 35.3 Å². The number of guanidine groups is 1. The molecule has 0 spiro atoms. The van der Waals surface area contributed by atoms with E-state index in [9.17, 15) is 9.59 Å². The van der Waals surface area contributed by atoms with E-state index in [1.165, 1.54) is 5.69 Å². The smallest absolute Gasteiger partial charge is 0.244 e. The van der Waals surface area contributed by atoms with Crippen molar-refractivity contribution >= 4 is 23.5 Å². The highest BCUT2D eigenvalue weighted by Crippen LogP contribution is 2.15. The van der Waals surface area contributed by atoms with Crippen molar-refractivity contribution in [1.82, 2.24) is 20.4 Å². The van der Waals surface area contributed by atoms with E-state index < -0.39 is 0 Å². The van der Waals surface area contributed by atoms with Crippen LogP contribution < -0.4 is 15.5 Å². The van der Waals surface area contributed by atoms with Crippen LogP contribution in [-0.4, -0.2) is 86.0 Å². The van der Waals surface area contributed by atoms with Crippen molar-refractivity contribution in [2.75, 3.05) is 57.3 Å². The minimum atomic E-state index is 0.0501. The van der Waals surface area contributed by atoms with E-state index in [1.807, 2.05) is 41.8 Å². The van der Waals surface area contributed by atoms with Crippen LogP contribution in [0.3, 0.4) is 0 Å². The van der Waals surface area contributed by atoms with Gasteiger partial charge in [-0.05, 0) is 25.5 Å². The minimum absolute atomic E-state index is 0.0501. The summed E-state index contributed by atoms with van der Waals surface area (Å²) in [6.07, 6.45) is 1.43. The lowest BCUT2D eigenvalue weighted by Crippen LogP contribution is -2.50. The maximum Gasteiger partial charge on any atom is 0.244 e. The molecule has 0 radical (unpaired) electrons. The van der Waals surface area contributed by atoms with E-state index in [0.717, 1.165) is 32.6 Å². The molecule has 2 amide bonds. The second kappa shape index (κ2) is 10.8. The zero-order chi connectivity index (χ0) is 21.3. The number of nitrogens with zero attached hydrogens (tertiary/aromatic N) is 4. The van der Waals surface area contributed by atoms with Crippen molar-refractivity contribution in [3.8, 4) is 0 Å². The number of carbonyl (C=O) groups is 2. The third kappa shape index (κ3) is 5.87. The first kappa shape index (κ1) is 21.9. The lowest BCUT2D eigenvalue weighted by molar-refractivity contribution is -0.130. The zero-order valence-electron chi connectivity index (χ0n) is 18.1. The van der Waals surface area contributed by atoms with Gasteiger partial charge in [-0.2, -0.15) is 0 Å². The second-order valence-electron chi connectivity index (χ2n) is 7.72. The van der Waals surface area contributed by atoms with Crippen molar-refractivity contribution in [2.45, 2.75) is 32.7 Å². The van der Waals surface area contributed by atoms with Gasteiger partial charge in [-0.3, -0.25) is 9.59 Å². The Bertz CT molecular complexity index is 730. The molecule has 2 heterocycles. The number of hydrogen-bond donors (Lipinski definition) is 2. The summed E-state index contributed by atoms with van der Waals surface area (Å²) in [5.41, 5.74) is 1.20. The Morgan fingerprint density at radius 3 is 2.40 bits per heavy atom. The van der Waals surface area contributed by atoms with Gasteiger partial charge in [-0.15, -0.1) is 0 Å². The third-order valence-corrected chi connectivity index (χ3v) is 5.65. The standard InChI is InChI=1S/C22H34N6O2/c1-3-20(29)28-11-10-18(17-28)25-22(23-4-2)24-16-21(30)27-14-12-26(13-15-27)19-8-6-5-7-9-19/h5-9,18H,3-4,10-17H2,1-2H3,(H2,23,24,25). The fourth-order valence-corrected chi connectivity index (χ4v) is 3.94. The van der Waals surface area contributed by atoms with Crippen molar-refractivity contribution in [1.29, 1.82) is 0 Å². The number of para-hydroxylation sites is 1. The van der Waals surface area contributed by atoms with Gasteiger partial charge in [0.25, 0.3) is 0 Å². The Hall–Kier alpha value is -2.77. The average molecular weight is 415 g/mol. The van der Waals surface area contributed by atoms with E-state index >= 15 is 0 Å². The van der Waals surface area contributed by atoms with Gasteiger partial charge < -0.3 is 25.3 Å². The lowest BCUT2D eigenvalue weighted by Gasteiger charge is -2.36. The molecular formula is C22H34N6O2. The van der Waals surface area contributed by atoms with E-state index in [0.29, 0.717) is 32.0 Å². The zero-order valence-corrected chi connectivity index (χ0v) is 18.1. The van der Waals surface area contributed by atoms with Gasteiger partial charge in [0.1, 0.15) is 6.54 Å². The summed E-state index contributed by atoms with van der Waals surface area (Å²) >= 11 is 0. The number of piperazine rings is 1. The fourth-order valence-electron chi connectivity index (χ4n) is 3.94. The second-order valence-corrected chi connectivity index (χ2v) is 7.72. The van der Waals surface area contributed by atoms with Crippen LogP contribution in [0, 0.1) is 0 Å². The summed E-state index contributed by atoms with van der Waals surface area (Å²) in [5.74, 6) is 0.879. The van der Waals surface area contributed by atoms with Crippen LogP contribution in [0.5, 0.6) is 0 Å². The SMILES string of the molecule is CCNC(=NCC(=O)N1CCN(c2ccccc2)CC1)NC1CCN(C(=O)CC)C1. The quantitative estimate of drug-likeness (QED) is 0.534. The number of benzene rings is 1. The topological polar surface area (TPSA) is 80.3 Å². The number of hydrogen-bond acceptors (Lipinski definition) is 4. The molecular weight excluding hydrogens is 380 g/mol. The molecule has 2 aliphatic heterocycles. The molecule has 0 saturated carbocycles. The molecule has 0 aliphatic carbocycles. The molecule has 8 heteroatoms. The summed E-state index contributed by atoms with van der Waals surface area (Å²) in [6, 6.07) is 10.5. The van der Waals surface area contributed by atoms with Crippen LogP contribution in [0.25, 0.3) is 0 Å². The van der Waals surface area contributed by atoms with Crippen molar-refractivity contribution in [2.24, 2.45) is 4.99 Å². The number of carbonyl (C=O) groups excluding carboxylic acids is 2. The molecule has 3 rings (SSSR count). The highest BCUT2D eigenvalue weighted by atomic mass is 16.2. The first-order chi connectivity index (χ1) is 14.6. The number of aliphatic imine (C=N–C) groups is 1. The summed E-state index contributed by atoms with van der Waals surface area (Å²) in [6.45, 7) is 9.30. The summed E-state index contributed by atoms with van der Waals surface area (Å²) < 4.78 is 0. The molecule has 30 heavy (non-hydrogen) atoms. The van der Waals surface area contributed by atoms with E-state index in [1.54, 1.807) is 0 Å². The highest BCUT2D eigenvalue weighted by molar-refractivity contribution is 5.85. The number of nitrogens with one attached hydrogen (secondary N) is 2. The van der Waals surface area contributed by atoms with Gasteiger partial charge in [0, 0.05) is 64.0 Å². The Kier molecular flexibility index (Phi) is 7.93.